The average Bonchev–Trinajstić information content (AvgIpc) is 3.50. The van der Waals surface area contributed by atoms with Crippen LogP contribution in [0.15, 0.2) is 17.1 Å². The minimum atomic E-state index is -1.37. The lowest BCUT2D eigenvalue weighted by Crippen LogP contribution is -2.49. The molecule has 2 atom stereocenters. The van der Waals surface area contributed by atoms with E-state index < -0.39 is 46.4 Å². The van der Waals surface area contributed by atoms with E-state index in [2.05, 4.69) is 15.6 Å². The van der Waals surface area contributed by atoms with Crippen LogP contribution in [0.3, 0.4) is 0 Å². The number of anilines is 1. The molecule has 2 fully saturated rings. The van der Waals surface area contributed by atoms with Crippen LogP contribution >= 0.6 is 0 Å². The zero-order valence-corrected chi connectivity index (χ0v) is 20.6. The molecule has 2 aromatic heterocycles. The zero-order valence-electron chi connectivity index (χ0n) is 20.6. The van der Waals surface area contributed by atoms with Crippen LogP contribution in [-0.2, 0) is 9.53 Å². The van der Waals surface area contributed by atoms with Gasteiger partial charge in [0.25, 0.3) is 0 Å². The number of halogens is 1. The highest BCUT2D eigenvalue weighted by molar-refractivity contribution is 5.92. The van der Waals surface area contributed by atoms with Gasteiger partial charge in [0.15, 0.2) is 11.6 Å². The number of hydrogen-bond acceptors (Lipinski definition) is 7. The molecule has 3 N–H and O–H groups in total. The van der Waals surface area contributed by atoms with E-state index in [9.17, 15) is 24.3 Å². The lowest BCUT2D eigenvalue weighted by atomic mass is 10.2. The maximum atomic E-state index is 15.1. The Morgan fingerprint density at radius 1 is 1.25 bits per heavy atom. The number of rotatable bonds is 6. The summed E-state index contributed by atoms with van der Waals surface area (Å²) in [5, 5.41) is 14.7. The maximum Gasteiger partial charge on any atom is 0.408 e. The van der Waals surface area contributed by atoms with E-state index in [1.165, 1.54) is 6.20 Å². The summed E-state index contributed by atoms with van der Waals surface area (Å²) < 4.78 is 21.9. The third-order valence-corrected chi connectivity index (χ3v) is 6.07. The second-order valence-corrected chi connectivity index (χ2v) is 10.3. The van der Waals surface area contributed by atoms with Crippen molar-refractivity contribution < 1.29 is 28.6 Å². The van der Waals surface area contributed by atoms with Gasteiger partial charge in [-0.2, -0.15) is 0 Å². The molecular weight excluding hydrogens is 473 g/mol. The van der Waals surface area contributed by atoms with E-state index in [0.29, 0.717) is 13.0 Å². The summed E-state index contributed by atoms with van der Waals surface area (Å²) in [7, 11) is 0. The summed E-state index contributed by atoms with van der Waals surface area (Å²) in [6, 6.07) is -0.0796. The van der Waals surface area contributed by atoms with Crippen molar-refractivity contribution in [2.24, 2.45) is 0 Å². The number of aromatic nitrogens is 2. The SMILES string of the molecule is C[C@H](NC(=O)OC(C)(C)C)C(=O)N[C@H]1CCN(c2nc3c(cc2F)c(=O)c(C(=O)O)cn3C2CC2)C1. The number of carbonyl (C=O) groups is 3. The fourth-order valence-corrected chi connectivity index (χ4v) is 4.19. The number of carbonyl (C=O) groups excluding carboxylic acids is 2. The van der Waals surface area contributed by atoms with E-state index >= 15 is 4.39 Å². The third-order valence-electron chi connectivity index (χ3n) is 6.07. The molecule has 1 aliphatic heterocycles. The Bertz CT molecular complexity index is 1280. The molecule has 2 aromatic rings. The van der Waals surface area contributed by atoms with Crippen molar-refractivity contribution in [3.63, 3.8) is 0 Å². The van der Waals surface area contributed by atoms with Crippen molar-refractivity contribution in [3.05, 3.63) is 33.9 Å². The van der Waals surface area contributed by atoms with E-state index in [1.807, 2.05) is 0 Å². The Hall–Kier alpha value is -3.70. The highest BCUT2D eigenvalue weighted by Gasteiger charge is 2.32. The molecule has 3 heterocycles. The number of aromatic carboxylic acids is 1. The summed E-state index contributed by atoms with van der Waals surface area (Å²) in [5.74, 6) is -2.47. The number of pyridine rings is 2. The van der Waals surface area contributed by atoms with Crippen molar-refractivity contribution in [2.45, 2.75) is 70.7 Å². The van der Waals surface area contributed by atoms with E-state index in [-0.39, 0.29) is 35.5 Å². The molecule has 2 aliphatic rings. The van der Waals surface area contributed by atoms with Crippen LogP contribution in [0, 0.1) is 5.82 Å². The van der Waals surface area contributed by atoms with Crippen molar-refractivity contribution in [1.29, 1.82) is 0 Å². The summed E-state index contributed by atoms with van der Waals surface area (Å²) in [4.78, 5) is 54.8. The van der Waals surface area contributed by atoms with Gasteiger partial charge in [0, 0.05) is 31.4 Å². The molecule has 0 unspecified atom stereocenters. The number of carboxylic acids is 1. The fourth-order valence-electron chi connectivity index (χ4n) is 4.19. The van der Waals surface area contributed by atoms with Crippen molar-refractivity contribution in [3.8, 4) is 0 Å². The Morgan fingerprint density at radius 3 is 2.56 bits per heavy atom. The molecule has 2 amide bonds. The first-order valence-corrected chi connectivity index (χ1v) is 11.9. The van der Waals surface area contributed by atoms with Gasteiger partial charge in [0.2, 0.25) is 11.3 Å². The molecule has 194 valence electrons. The highest BCUT2D eigenvalue weighted by atomic mass is 19.1. The average molecular weight is 504 g/mol. The molecule has 0 radical (unpaired) electrons. The topological polar surface area (TPSA) is 143 Å². The molecule has 36 heavy (non-hydrogen) atoms. The number of alkyl carbamates (subject to hydrolysis) is 1. The van der Waals surface area contributed by atoms with Crippen LogP contribution in [0.1, 0.15) is 63.4 Å². The first-order chi connectivity index (χ1) is 16.8. The number of fused-ring (bicyclic) bond motifs is 1. The lowest BCUT2D eigenvalue weighted by Gasteiger charge is -2.23. The molecule has 0 bridgehead atoms. The molecule has 11 nitrogen and oxygen atoms in total. The minimum absolute atomic E-state index is 0.0154. The van der Waals surface area contributed by atoms with Crippen LogP contribution in [-0.4, -0.2) is 63.4 Å². The summed E-state index contributed by atoms with van der Waals surface area (Å²) in [5.41, 5.74) is -1.64. The van der Waals surface area contributed by atoms with Crippen molar-refractivity contribution >= 4 is 34.8 Å². The Balaban J connectivity index is 1.49. The second-order valence-electron chi connectivity index (χ2n) is 10.3. The van der Waals surface area contributed by atoms with Gasteiger partial charge in [-0.05, 0) is 53.0 Å². The number of hydrogen-bond donors (Lipinski definition) is 3. The standard InChI is InChI=1S/C24H30FN5O6/c1-12(26-23(35)36-24(2,3)4)21(32)27-13-7-8-29(10-13)20-17(25)9-15-18(31)16(22(33)34)11-30(14-5-6-14)19(15)28-20/h9,11-14H,5-8,10H2,1-4H3,(H,26,35)(H,27,32)(H,33,34)/t12-,13-/m0/s1. The smallest absolute Gasteiger partial charge is 0.408 e. The van der Waals surface area contributed by atoms with Crippen LogP contribution < -0.4 is 21.0 Å². The third kappa shape index (κ3) is 5.42. The maximum absolute atomic E-state index is 15.1. The van der Waals surface area contributed by atoms with E-state index in [0.717, 1.165) is 18.9 Å². The van der Waals surface area contributed by atoms with Gasteiger partial charge in [0.05, 0.1) is 5.39 Å². The molecular formula is C24H30FN5O6. The largest absolute Gasteiger partial charge is 0.477 e. The van der Waals surface area contributed by atoms with Crippen LogP contribution in [0.4, 0.5) is 15.0 Å². The predicted octanol–water partition coefficient (Wildman–Crippen LogP) is 2.18. The molecule has 0 spiro atoms. The predicted molar refractivity (Wildman–Crippen MR) is 129 cm³/mol. The number of amides is 2. The van der Waals surface area contributed by atoms with Gasteiger partial charge in [-0.25, -0.2) is 19.0 Å². The monoisotopic (exact) mass is 503 g/mol. The van der Waals surface area contributed by atoms with Crippen LogP contribution in [0.5, 0.6) is 0 Å². The summed E-state index contributed by atoms with van der Waals surface area (Å²) in [6.45, 7) is 7.40. The minimum Gasteiger partial charge on any atom is -0.477 e. The Labute approximate surface area is 206 Å². The number of nitrogens with one attached hydrogen (secondary N) is 2. The number of ether oxygens (including phenoxy) is 1. The van der Waals surface area contributed by atoms with Gasteiger partial charge in [-0.1, -0.05) is 0 Å². The Morgan fingerprint density at radius 2 is 1.94 bits per heavy atom. The van der Waals surface area contributed by atoms with E-state index in [4.69, 9.17) is 4.74 Å². The fraction of sp³-hybridized carbons (Fsp3) is 0.542. The van der Waals surface area contributed by atoms with Crippen LogP contribution in [0.2, 0.25) is 0 Å². The molecule has 0 aromatic carbocycles. The molecule has 12 heteroatoms. The van der Waals surface area contributed by atoms with Gasteiger partial charge >= 0.3 is 12.1 Å². The van der Waals surface area contributed by atoms with Crippen LogP contribution in [0.25, 0.3) is 11.0 Å². The zero-order chi connectivity index (χ0) is 26.4. The molecule has 4 rings (SSSR count). The highest BCUT2D eigenvalue weighted by Crippen LogP contribution is 2.37. The van der Waals surface area contributed by atoms with Gasteiger partial charge in [-0.15, -0.1) is 0 Å². The van der Waals surface area contributed by atoms with Crippen molar-refractivity contribution in [1.82, 2.24) is 20.2 Å². The molecule has 1 saturated heterocycles. The number of nitrogens with zero attached hydrogens (tertiary/aromatic N) is 3. The Kier molecular flexibility index (Phi) is 6.63. The first kappa shape index (κ1) is 25.4. The van der Waals surface area contributed by atoms with Gasteiger partial charge < -0.3 is 29.9 Å². The quantitative estimate of drug-likeness (QED) is 0.544. The summed E-state index contributed by atoms with van der Waals surface area (Å²) in [6.07, 6.45) is 2.74. The van der Waals surface area contributed by atoms with Crippen molar-refractivity contribution in [2.75, 3.05) is 18.0 Å². The molecule has 1 aliphatic carbocycles. The first-order valence-electron chi connectivity index (χ1n) is 11.9. The van der Waals surface area contributed by atoms with Gasteiger partial charge in [-0.3, -0.25) is 9.59 Å². The van der Waals surface area contributed by atoms with Gasteiger partial charge in [0.1, 0.15) is 22.9 Å². The lowest BCUT2D eigenvalue weighted by molar-refractivity contribution is -0.123. The normalized spacial score (nSPS) is 18.7. The number of carboxylic acid groups (broad SMARTS) is 1. The molecule has 1 saturated carbocycles. The summed E-state index contributed by atoms with van der Waals surface area (Å²) >= 11 is 0. The second kappa shape index (κ2) is 9.40. The van der Waals surface area contributed by atoms with E-state index in [1.54, 1.807) is 37.2 Å².